The van der Waals surface area contributed by atoms with Gasteiger partial charge in [0.15, 0.2) is 22.7 Å². The van der Waals surface area contributed by atoms with Crippen LogP contribution in [-0.4, -0.2) is 137 Å². The zero-order valence-corrected chi connectivity index (χ0v) is 85.3. The molecule has 0 N–H and O–H groups in total. The summed E-state index contributed by atoms with van der Waals surface area (Å²) in [5.74, 6) is 3.46. The van der Waals surface area contributed by atoms with Crippen molar-refractivity contribution < 1.29 is 4.57 Å². The minimum atomic E-state index is -0.0501. The van der Waals surface area contributed by atoms with Gasteiger partial charge in [0, 0.05) is 111 Å². The van der Waals surface area contributed by atoms with Crippen LogP contribution < -0.4 is 53.6 Å². The van der Waals surface area contributed by atoms with Crippen LogP contribution in [0.5, 0.6) is 0 Å². The van der Waals surface area contributed by atoms with Crippen molar-refractivity contribution in [2.24, 2.45) is 7.05 Å². The molecule has 0 aliphatic carbocycles. The van der Waals surface area contributed by atoms with E-state index in [-0.39, 0.29) is 49.5 Å². The fourth-order valence-corrected chi connectivity index (χ4v) is 19.3. The van der Waals surface area contributed by atoms with Crippen LogP contribution in [-0.2, 0) is 23.3 Å². The Morgan fingerprint density at radius 2 is 0.643 bits per heavy atom. The van der Waals surface area contributed by atoms with Crippen LogP contribution in [0.25, 0.3) is 39.0 Å². The third-order valence-electron chi connectivity index (χ3n) is 25.8. The summed E-state index contributed by atoms with van der Waals surface area (Å²) in [5, 5.41) is 0. The number of aryl methyl sites for hydroxylation is 1. The molecular weight excluding hydrogens is 1550 g/mol. The van der Waals surface area contributed by atoms with Crippen LogP contribution in [0.2, 0.25) is 0 Å². The molecule has 7 aromatic carbocycles. The van der Waals surface area contributed by atoms with Gasteiger partial charge in [-0.05, 0) is 293 Å². The van der Waals surface area contributed by atoms with Crippen molar-refractivity contribution in [3.05, 3.63) is 230 Å². The number of rotatable bonds is 3. The second-order valence-corrected chi connectivity index (χ2v) is 44.6. The number of para-hydroxylation sites is 5. The predicted molar refractivity (Wildman–Crippen MR) is 548 cm³/mol. The Hall–Kier alpha value is -10.4. The van der Waals surface area contributed by atoms with E-state index in [1.165, 1.54) is 101 Å². The monoisotopic (exact) mass is 1710 g/mol. The van der Waals surface area contributed by atoms with E-state index in [0.717, 1.165) is 11.6 Å². The van der Waals surface area contributed by atoms with Crippen LogP contribution in [0, 0.1) is 0 Å². The molecule has 6 unspecified atom stereocenters. The summed E-state index contributed by atoms with van der Waals surface area (Å²) in [5.41, 5.74) is 23.2. The normalized spacial score (nSPS) is 18.6. The minimum absolute atomic E-state index is 0.0501. The lowest BCUT2D eigenvalue weighted by atomic mass is 9.86. The van der Waals surface area contributed by atoms with Crippen LogP contribution in [0.1, 0.15) is 245 Å². The topological polar surface area (TPSA) is 73.5 Å². The van der Waals surface area contributed by atoms with Crippen molar-refractivity contribution in [1.29, 1.82) is 0 Å². The molecule has 6 aliphatic heterocycles. The van der Waals surface area contributed by atoms with Gasteiger partial charge in [-0.3, -0.25) is 0 Å². The fraction of sp³-hybridized carbons (Fsp3) is 0.500. The Balaban J connectivity index is 0.000000158. The summed E-state index contributed by atoms with van der Waals surface area (Å²) in [7, 11) is 15.1. The van der Waals surface area contributed by atoms with Gasteiger partial charge in [-0.15, -0.1) is 0 Å². The first kappa shape index (κ1) is 97.8. The summed E-state index contributed by atoms with van der Waals surface area (Å²) in [6, 6.07) is 67.6. The van der Waals surface area contributed by atoms with E-state index in [4.69, 9.17) is 0 Å². The largest absolute Gasteiger partial charge is 0.359 e. The lowest BCUT2D eigenvalue weighted by Gasteiger charge is -2.39. The molecule has 0 saturated heterocycles. The highest BCUT2D eigenvalue weighted by Crippen LogP contribution is 2.49. The van der Waals surface area contributed by atoms with Crippen LogP contribution in [0.3, 0.4) is 0 Å². The maximum Gasteiger partial charge on any atom is 0.267 e. The van der Waals surface area contributed by atoms with Gasteiger partial charge in [-0.2, -0.15) is 4.57 Å². The number of hydrogen-bond acceptors (Lipinski definition) is 14. The number of pyridine rings is 2. The second kappa shape index (κ2) is 36.8. The van der Waals surface area contributed by atoms with Gasteiger partial charge in [-0.25, -0.2) is 14.5 Å². The highest BCUT2D eigenvalue weighted by Gasteiger charge is 2.44. The second-order valence-electron chi connectivity index (χ2n) is 44.6. The summed E-state index contributed by atoms with van der Waals surface area (Å²) in [4.78, 5) is 37.4. The molecule has 0 radical (unpaired) electrons. The van der Waals surface area contributed by atoms with Gasteiger partial charge in [0.25, 0.3) is 5.82 Å². The Kier molecular flexibility index (Phi) is 28.6. The molecule has 16 nitrogen and oxygen atoms in total. The van der Waals surface area contributed by atoms with Gasteiger partial charge in [0.2, 0.25) is 0 Å². The molecule has 0 spiro atoms. The number of anilines is 10. The van der Waals surface area contributed by atoms with E-state index >= 15 is 0 Å². The summed E-state index contributed by atoms with van der Waals surface area (Å²) >= 11 is 0. The first-order chi connectivity index (χ1) is 58.2. The van der Waals surface area contributed by atoms with Gasteiger partial charge in [-0.1, -0.05) is 157 Å². The molecule has 680 valence electrons. The van der Waals surface area contributed by atoms with Crippen molar-refractivity contribution in [1.82, 2.24) is 24.3 Å². The van der Waals surface area contributed by atoms with Gasteiger partial charge >= 0.3 is 0 Å². The maximum absolute atomic E-state index is 4.49. The number of fused-ring (bicyclic) bond motifs is 6. The molecule has 10 aromatic rings. The van der Waals surface area contributed by atoms with Crippen LogP contribution in [0.4, 0.5) is 57.1 Å². The molecule has 6 aliphatic rings. The van der Waals surface area contributed by atoms with Crippen molar-refractivity contribution in [3.63, 3.8) is 0 Å². The SMILES string of the molecule is CC1N(C)C=CN1C(C)(C)C.CC1N(C)c2cc(C(C)(C)C)ccc2N1C(C)(C)C.CC1N(C)c2ccc(C(C)(C)C)cc2N1C(C)(C)C.CC1N(C)c2ccccc2N1C(C)(C)C.CC1N(C)c2cccnc2N1C(C)(C)C.CC1N(C)c2ncccc2N1C(C)(C)C.C[n+]1c(C(C)(C)C)n(-c2c(-c3ccccc3)cccc2-c2ccccc2)c2ccccc21. The lowest BCUT2D eigenvalue weighted by molar-refractivity contribution is -0.657. The molecule has 9 heterocycles. The molecule has 16 heteroatoms. The minimum Gasteiger partial charge on any atom is -0.359 e. The molecule has 3 aromatic heterocycles. The van der Waals surface area contributed by atoms with Crippen LogP contribution in [0.15, 0.2) is 213 Å². The van der Waals surface area contributed by atoms with E-state index in [2.05, 4.69) is 544 Å². The van der Waals surface area contributed by atoms with E-state index < -0.39 is 0 Å². The first-order valence-electron chi connectivity index (χ1n) is 46.1. The number of imidazole rings is 1. The van der Waals surface area contributed by atoms with Crippen molar-refractivity contribution in [2.75, 3.05) is 91.3 Å². The van der Waals surface area contributed by atoms with E-state index in [9.17, 15) is 0 Å². The first-order valence-corrected chi connectivity index (χ1v) is 46.1. The maximum atomic E-state index is 4.49. The molecule has 0 amide bonds. The highest BCUT2D eigenvalue weighted by molar-refractivity contribution is 5.90. The van der Waals surface area contributed by atoms with Crippen molar-refractivity contribution in [3.8, 4) is 27.9 Å². The Morgan fingerprint density at radius 1 is 0.286 bits per heavy atom. The smallest absolute Gasteiger partial charge is 0.267 e. The predicted octanol–water partition coefficient (Wildman–Crippen LogP) is 25.8. The number of hydrogen-bond donors (Lipinski definition) is 0. The molecule has 0 saturated carbocycles. The van der Waals surface area contributed by atoms with Gasteiger partial charge in [0.1, 0.15) is 18.0 Å². The number of aromatic nitrogens is 4. The quantitative estimate of drug-likeness (QED) is 0.158. The number of benzene rings is 7. The zero-order chi connectivity index (χ0) is 93.8. The highest BCUT2D eigenvalue weighted by atomic mass is 15.5. The third-order valence-corrected chi connectivity index (χ3v) is 25.8. The molecule has 0 bridgehead atoms. The van der Waals surface area contributed by atoms with Crippen molar-refractivity contribution in [2.45, 2.75) is 315 Å². The average Bonchev–Trinajstić information content (AvgIpc) is 1.55. The molecule has 6 atom stereocenters. The number of nitrogens with zero attached hydrogens (tertiary/aromatic N) is 16. The Labute approximate surface area is 763 Å². The molecule has 126 heavy (non-hydrogen) atoms. The fourth-order valence-electron chi connectivity index (χ4n) is 19.3. The van der Waals surface area contributed by atoms with Gasteiger partial charge < -0.3 is 58.8 Å². The summed E-state index contributed by atoms with van der Waals surface area (Å²) < 4.78 is 4.84. The Morgan fingerprint density at radius 3 is 1.08 bits per heavy atom. The molecular formula is C110H161N16+. The van der Waals surface area contributed by atoms with Crippen molar-refractivity contribution >= 4 is 68.2 Å². The van der Waals surface area contributed by atoms with E-state index in [0.29, 0.717) is 37.0 Å². The lowest BCUT2D eigenvalue weighted by Crippen LogP contribution is -2.49. The summed E-state index contributed by atoms with van der Waals surface area (Å²) in [6.07, 6.45) is 10.5. The zero-order valence-electron chi connectivity index (χ0n) is 85.3. The standard InChI is InChI=1S/C30H29N2.2C17H28N2.C13H20N2.2C12H19N3.C9H18N2/c1-30(2,3)29-31(4)26-20-11-12-21-27(26)32(29)28-24(22-14-7-5-8-15-22)18-13-19-25(28)23-16-9-6-10-17-23;1-12-18(8)15-11-13(16(2,3)4)9-10-14(15)19(12)17(5,6)7;1-12-18(8)14-10-9-13(16(2,3)4)11-15(14)19(12)17(5,6)7;1-10-14(5)11-8-6-7-9-12(11)15(10)13(2,3)4;1-9-14(5)11-10(7-6-8-13-11)15(9)12(2,3)4;1-9-14(5)10-7-6-8-13-11(10)15(9)12(2,3)4;1-8-10(5)6-7-11(8)9(2,3)4/h5-21H,1-4H3;2*9-12H,1-8H3;6-10H,1-5H3;2*6-9H,1-5H3;6-8H,1-5H3/q+1;;;;;;. The van der Waals surface area contributed by atoms with E-state index in [1.54, 1.807) is 0 Å². The summed E-state index contributed by atoms with van der Waals surface area (Å²) in [6.45, 7) is 74.6. The van der Waals surface area contributed by atoms with Gasteiger partial charge in [0.05, 0.1) is 82.6 Å². The third kappa shape index (κ3) is 20.6. The molecule has 0 fully saturated rings. The Bertz CT molecular complexity index is 5110. The molecule has 16 rings (SSSR count). The van der Waals surface area contributed by atoms with Crippen LogP contribution >= 0.6 is 0 Å². The average molecular weight is 1710 g/mol. The van der Waals surface area contributed by atoms with E-state index in [1.807, 2.05) is 24.5 Å².